The molecule has 4 heteroatoms. The van der Waals surface area contributed by atoms with Crippen LogP contribution in [0, 0.1) is 0 Å². The minimum Gasteiger partial charge on any atom is -0.379 e. The largest absolute Gasteiger partial charge is 0.379 e. The Morgan fingerprint density at radius 1 is 1.33 bits per heavy atom. The summed E-state index contributed by atoms with van der Waals surface area (Å²) in [7, 11) is 1.85. The molecule has 0 aliphatic carbocycles. The van der Waals surface area contributed by atoms with Gasteiger partial charge in [0.15, 0.2) is 0 Å². The molecule has 2 aromatic rings. The van der Waals surface area contributed by atoms with Crippen molar-refractivity contribution in [3.05, 3.63) is 52.3 Å². The molecule has 0 aliphatic rings. The second-order valence-corrected chi connectivity index (χ2v) is 5.30. The molecule has 96 valence electrons. The summed E-state index contributed by atoms with van der Waals surface area (Å²) >= 11 is 3.48. The van der Waals surface area contributed by atoms with Crippen molar-refractivity contribution in [2.45, 2.75) is 25.4 Å². The monoisotopic (exact) mass is 308 g/mol. The lowest BCUT2D eigenvalue weighted by Crippen LogP contribution is -2.30. The van der Waals surface area contributed by atoms with Crippen molar-refractivity contribution in [3.8, 4) is 0 Å². The van der Waals surface area contributed by atoms with Crippen LogP contribution in [0.2, 0.25) is 0 Å². The van der Waals surface area contributed by atoms with Crippen molar-refractivity contribution in [2.75, 3.05) is 0 Å². The lowest BCUT2D eigenvalue weighted by molar-refractivity contribution is 0.0608. The van der Waals surface area contributed by atoms with E-state index in [-0.39, 0.29) is 0 Å². The molecule has 1 N–H and O–H groups in total. The maximum atomic E-state index is 11.1. The van der Waals surface area contributed by atoms with Crippen molar-refractivity contribution in [1.29, 1.82) is 0 Å². The van der Waals surface area contributed by atoms with Crippen LogP contribution >= 0.6 is 15.9 Å². The number of nitrogens with zero attached hydrogens (tertiary/aromatic N) is 2. The second-order valence-electron chi connectivity index (χ2n) is 4.44. The molecular formula is C14H17BrN2O. The molecule has 1 aromatic heterocycles. The molecule has 0 amide bonds. The Morgan fingerprint density at radius 3 is 2.50 bits per heavy atom. The fourth-order valence-electron chi connectivity index (χ4n) is 2.35. The average molecular weight is 309 g/mol. The molecule has 1 unspecified atom stereocenters. The van der Waals surface area contributed by atoms with Crippen molar-refractivity contribution >= 4 is 15.9 Å². The van der Waals surface area contributed by atoms with Gasteiger partial charge in [-0.25, -0.2) is 0 Å². The predicted molar refractivity (Wildman–Crippen MR) is 75.3 cm³/mol. The molecule has 0 aliphatic heterocycles. The van der Waals surface area contributed by atoms with Crippen LogP contribution in [0.3, 0.4) is 0 Å². The van der Waals surface area contributed by atoms with E-state index < -0.39 is 5.60 Å². The molecule has 1 aromatic carbocycles. The smallest absolute Gasteiger partial charge is 0.132 e. The summed E-state index contributed by atoms with van der Waals surface area (Å²) in [6, 6.07) is 9.75. The number of halogens is 1. The first-order valence-electron chi connectivity index (χ1n) is 6.05. The van der Waals surface area contributed by atoms with E-state index >= 15 is 0 Å². The highest BCUT2D eigenvalue weighted by Crippen LogP contribution is 2.37. The molecular weight excluding hydrogens is 292 g/mol. The maximum Gasteiger partial charge on any atom is 0.132 e. The Hall–Kier alpha value is -1.13. The normalized spacial score (nSPS) is 14.4. The lowest BCUT2D eigenvalue weighted by atomic mass is 9.86. The van der Waals surface area contributed by atoms with Crippen LogP contribution in [0.4, 0.5) is 0 Å². The zero-order valence-corrected chi connectivity index (χ0v) is 12.2. The highest BCUT2D eigenvalue weighted by atomic mass is 79.9. The average Bonchev–Trinajstić information content (AvgIpc) is 2.71. The van der Waals surface area contributed by atoms with E-state index in [4.69, 9.17) is 0 Å². The number of hydrogen-bond acceptors (Lipinski definition) is 2. The Bertz CT molecular complexity index is 504. The van der Waals surface area contributed by atoms with Crippen LogP contribution in [-0.4, -0.2) is 14.9 Å². The molecule has 0 saturated heterocycles. The third-order valence-corrected chi connectivity index (χ3v) is 3.73. The fourth-order valence-corrected chi connectivity index (χ4v) is 3.03. The first-order valence-corrected chi connectivity index (χ1v) is 6.84. The van der Waals surface area contributed by atoms with Gasteiger partial charge < -0.3 is 5.11 Å². The summed E-state index contributed by atoms with van der Waals surface area (Å²) in [5.74, 6) is 0. The van der Waals surface area contributed by atoms with E-state index in [0.717, 1.165) is 22.2 Å². The van der Waals surface area contributed by atoms with Crippen LogP contribution in [0.25, 0.3) is 0 Å². The molecule has 0 saturated carbocycles. The van der Waals surface area contributed by atoms with Gasteiger partial charge in [0.25, 0.3) is 0 Å². The van der Waals surface area contributed by atoms with Crippen LogP contribution < -0.4 is 0 Å². The topological polar surface area (TPSA) is 38.1 Å². The molecule has 0 fully saturated rings. The number of aromatic nitrogens is 2. The minimum absolute atomic E-state index is 0.662. The van der Waals surface area contributed by atoms with Gasteiger partial charge in [0.2, 0.25) is 0 Å². The van der Waals surface area contributed by atoms with Crippen molar-refractivity contribution in [2.24, 2.45) is 7.05 Å². The minimum atomic E-state index is -1.000. The summed E-state index contributed by atoms with van der Waals surface area (Å²) in [5.41, 5.74) is 0.701. The fraction of sp³-hybridized carbons (Fsp3) is 0.357. The molecule has 0 bridgehead atoms. The summed E-state index contributed by atoms with van der Waals surface area (Å²) in [4.78, 5) is 0. The van der Waals surface area contributed by atoms with Crippen molar-refractivity contribution in [3.63, 3.8) is 0 Å². The standard InChI is InChI=1S/C14H17BrN2O/c1-3-9-14(18,11-7-5-4-6-8-11)13-12(15)10-16-17(13)2/h4-8,10,18H,3,9H2,1-2H3. The zero-order chi connectivity index (χ0) is 13.2. The molecule has 3 nitrogen and oxygen atoms in total. The molecule has 0 spiro atoms. The number of aryl methyl sites for hydroxylation is 1. The quantitative estimate of drug-likeness (QED) is 0.942. The number of aliphatic hydroxyl groups is 1. The molecule has 2 rings (SSSR count). The van der Waals surface area contributed by atoms with Crippen LogP contribution in [0.1, 0.15) is 31.0 Å². The number of benzene rings is 1. The summed E-state index contributed by atoms with van der Waals surface area (Å²) < 4.78 is 2.57. The van der Waals surface area contributed by atoms with E-state index in [1.54, 1.807) is 10.9 Å². The van der Waals surface area contributed by atoms with Gasteiger partial charge >= 0.3 is 0 Å². The third kappa shape index (κ3) is 2.22. The van der Waals surface area contributed by atoms with Crippen LogP contribution in [0.15, 0.2) is 41.0 Å². The zero-order valence-electron chi connectivity index (χ0n) is 10.6. The molecule has 1 heterocycles. The molecule has 1 atom stereocenters. The van der Waals surface area contributed by atoms with Crippen LogP contribution in [-0.2, 0) is 12.6 Å². The number of hydrogen-bond donors (Lipinski definition) is 1. The third-order valence-electron chi connectivity index (χ3n) is 3.15. The van der Waals surface area contributed by atoms with E-state index in [1.807, 2.05) is 37.4 Å². The van der Waals surface area contributed by atoms with Gasteiger partial charge in [-0.2, -0.15) is 5.10 Å². The van der Waals surface area contributed by atoms with E-state index in [9.17, 15) is 5.11 Å². The summed E-state index contributed by atoms with van der Waals surface area (Å²) in [5, 5.41) is 15.3. The molecule has 0 radical (unpaired) electrons. The predicted octanol–water partition coefficient (Wildman–Crippen LogP) is 3.22. The van der Waals surface area contributed by atoms with E-state index in [0.29, 0.717) is 6.42 Å². The highest BCUT2D eigenvalue weighted by Gasteiger charge is 2.35. The van der Waals surface area contributed by atoms with Gasteiger partial charge in [-0.15, -0.1) is 0 Å². The first-order chi connectivity index (χ1) is 8.59. The Labute approximate surface area is 116 Å². The second kappa shape index (κ2) is 5.24. The van der Waals surface area contributed by atoms with Gasteiger partial charge in [-0.3, -0.25) is 4.68 Å². The van der Waals surface area contributed by atoms with Crippen molar-refractivity contribution in [1.82, 2.24) is 9.78 Å². The van der Waals surface area contributed by atoms with Gasteiger partial charge in [0, 0.05) is 7.05 Å². The Kier molecular flexibility index (Phi) is 3.88. The maximum absolute atomic E-state index is 11.1. The molecule has 18 heavy (non-hydrogen) atoms. The van der Waals surface area contributed by atoms with E-state index in [2.05, 4.69) is 28.0 Å². The SMILES string of the molecule is CCCC(O)(c1ccccc1)c1c(Br)cnn1C. The first kappa shape index (κ1) is 13.3. The van der Waals surface area contributed by atoms with Gasteiger partial charge in [-0.05, 0) is 27.9 Å². The number of rotatable bonds is 4. The van der Waals surface area contributed by atoms with E-state index in [1.165, 1.54) is 0 Å². The summed E-state index contributed by atoms with van der Waals surface area (Å²) in [6.07, 6.45) is 3.27. The van der Waals surface area contributed by atoms with Gasteiger partial charge in [0.1, 0.15) is 5.60 Å². The van der Waals surface area contributed by atoms with Gasteiger partial charge in [0.05, 0.1) is 16.4 Å². The Balaban J connectivity index is 2.58. The van der Waals surface area contributed by atoms with Gasteiger partial charge in [-0.1, -0.05) is 43.7 Å². The summed E-state index contributed by atoms with van der Waals surface area (Å²) in [6.45, 7) is 2.07. The Morgan fingerprint density at radius 2 is 2.00 bits per heavy atom. The van der Waals surface area contributed by atoms with Crippen LogP contribution in [0.5, 0.6) is 0 Å². The van der Waals surface area contributed by atoms with Crippen molar-refractivity contribution < 1.29 is 5.11 Å². The highest BCUT2D eigenvalue weighted by molar-refractivity contribution is 9.10. The lowest BCUT2D eigenvalue weighted by Gasteiger charge is -2.29.